The second kappa shape index (κ2) is 5.16. The van der Waals surface area contributed by atoms with Gasteiger partial charge in [-0.1, -0.05) is 17.7 Å². The van der Waals surface area contributed by atoms with Gasteiger partial charge in [0.15, 0.2) is 0 Å². The molecule has 0 aliphatic rings. The van der Waals surface area contributed by atoms with Gasteiger partial charge in [0.05, 0.1) is 17.4 Å². The van der Waals surface area contributed by atoms with Gasteiger partial charge in [-0.2, -0.15) is 0 Å². The van der Waals surface area contributed by atoms with Crippen molar-refractivity contribution in [2.24, 2.45) is 5.73 Å². The molecule has 1 heterocycles. The number of rotatable bonds is 3. The minimum Gasteiger partial charge on any atom is -0.397 e. The lowest BCUT2D eigenvalue weighted by molar-refractivity contribution is 0.100. The molecule has 0 atom stereocenters. The lowest BCUT2D eigenvalue weighted by atomic mass is 10.1. The zero-order valence-electron chi connectivity index (χ0n) is 10.3. The van der Waals surface area contributed by atoms with Crippen LogP contribution in [0.1, 0.15) is 15.9 Å². The molecule has 0 aliphatic heterocycles. The Kier molecular flexibility index (Phi) is 3.57. The predicted octanol–water partition coefficient (Wildman–Crippen LogP) is 2.47. The Labute approximate surface area is 115 Å². The molecule has 2 rings (SSSR count). The van der Waals surface area contributed by atoms with Crippen molar-refractivity contribution in [3.63, 3.8) is 0 Å². The number of carbonyl (C=O) groups excluding carboxylic acids is 1. The second-order valence-electron chi connectivity index (χ2n) is 4.07. The zero-order chi connectivity index (χ0) is 14.0. The smallest absolute Gasteiger partial charge is 0.252 e. The molecule has 5 N–H and O–H groups in total. The van der Waals surface area contributed by atoms with Crippen LogP contribution < -0.4 is 16.8 Å². The third-order valence-electron chi connectivity index (χ3n) is 2.70. The topological polar surface area (TPSA) is 94.0 Å². The Bertz CT molecular complexity index is 643. The summed E-state index contributed by atoms with van der Waals surface area (Å²) in [6.07, 6.45) is 1.45. The van der Waals surface area contributed by atoms with Crippen LogP contribution in [0.4, 0.5) is 17.2 Å². The molecule has 0 radical (unpaired) electrons. The molecule has 5 nitrogen and oxygen atoms in total. The fourth-order valence-corrected chi connectivity index (χ4v) is 1.81. The Hall–Kier alpha value is -2.27. The number of aromatic nitrogens is 1. The summed E-state index contributed by atoms with van der Waals surface area (Å²) in [5.74, 6) is -0.242. The summed E-state index contributed by atoms with van der Waals surface area (Å²) in [5, 5.41) is 3.66. The van der Waals surface area contributed by atoms with Crippen molar-refractivity contribution in [1.29, 1.82) is 0 Å². The van der Waals surface area contributed by atoms with E-state index in [4.69, 9.17) is 23.1 Å². The summed E-state index contributed by atoms with van der Waals surface area (Å²) < 4.78 is 0. The van der Waals surface area contributed by atoms with Crippen LogP contribution in [0.2, 0.25) is 5.02 Å². The van der Waals surface area contributed by atoms with Crippen LogP contribution in [0.3, 0.4) is 0 Å². The normalized spacial score (nSPS) is 10.2. The number of nitrogen functional groups attached to an aromatic ring is 1. The third-order valence-corrected chi connectivity index (χ3v) is 3.10. The average Bonchev–Trinajstić information content (AvgIpc) is 2.36. The van der Waals surface area contributed by atoms with Gasteiger partial charge in [0.2, 0.25) is 0 Å². The molecule has 1 aromatic heterocycles. The predicted molar refractivity (Wildman–Crippen MR) is 76.6 cm³/mol. The Morgan fingerprint density at radius 1 is 1.42 bits per heavy atom. The highest BCUT2D eigenvalue weighted by Gasteiger charge is 2.12. The van der Waals surface area contributed by atoms with Crippen molar-refractivity contribution in [3.8, 4) is 0 Å². The van der Waals surface area contributed by atoms with Gasteiger partial charge in [-0.3, -0.25) is 4.79 Å². The molecule has 98 valence electrons. The highest BCUT2D eigenvalue weighted by atomic mass is 35.5. The number of hydrogen-bond acceptors (Lipinski definition) is 4. The Balaban J connectivity index is 2.44. The van der Waals surface area contributed by atoms with Gasteiger partial charge < -0.3 is 16.8 Å². The van der Waals surface area contributed by atoms with Gasteiger partial charge in [0.1, 0.15) is 5.82 Å². The summed E-state index contributed by atoms with van der Waals surface area (Å²) in [4.78, 5) is 15.5. The van der Waals surface area contributed by atoms with Crippen molar-refractivity contribution in [2.45, 2.75) is 6.92 Å². The second-order valence-corrected chi connectivity index (χ2v) is 4.47. The lowest BCUT2D eigenvalue weighted by Crippen LogP contribution is -2.15. The van der Waals surface area contributed by atoms with Crippen LogP contribution in [0.25, 0.3) is 0 Å². The minimum absolute atomic E-state index is 0.236. The van der Waals surface area contributed by atoms with E-state index in [9.17, 15) is 4.79 Å². The number of hydrogen-bond donors (Lipinski definition) is 3. The molecule has 0 aliphatic carbocycles. The summed E-state index contributed by atoms with van der Waals surface area (Å²) in [6, 6.07) is 6.91. The van der Waals surface area contributed by atoms with Crippen LogP contribution in [0.5, 0.6) is 0 Å². The van der Waals surface area contributed by atoms with E-state index in [1.165, 1.54) is 12.3 Å². The molecule has 0 unspecified atom stereocenters. The SMILES string of the molecule is Cc1c(Cl)cccc1Nc1ncc(N)cc1C(N)=O. The number of nitrogens with one attached hydrogen (secondary N) is 1. The first-order valence-electron chi connectivity index (χ1n) is 5.56. The van der Waals surface area contributed by atoms with Crippen molar-refractivity contribution in [1.82, 2.24) is 4.98 Å². The van der Waals surface area contributed by atoms with E-state index in [2.05, 4.69) is 10.3 Å². The monoisotopic (exact) mass is 276 g/mol. The molecule has 1 aromatic carbocycles. The number of carbonyl (C=O) groups is 1. The van der Waals surface area contributed by atoms with E-state index >= 15 is 0 Å². The molecule has 6 heteroatoms. The molecular weight excluding hydrogens is 264 g/mol. The molecule has 0 saturated carbocycles. The van der Waals surface area contributed by atoms with E-state index in [0.717, 1.165) is 11.3 Å². The highest BCUT2D eigenvalue weighted by Crippen LogP contribution is 2.27. The summed E-state index contributed by atoms with van der Waals surface area (Å²) in [6.45, 7) is 1.87. The van der Waals surface area contributed by atoms with Crippen LogP contribution in [-0.2, 0) is 0 Å². The van der Waals surface area contributed by atoms with Crippen molar-refractivity contribution < 1.29 is 4.79 Å². The number of nitrogens with two attached hydrogens (primary N) is 2. The highest BCUT2D eigenvalue weighted by molar-refractivity contribution is 6.31. The lowest BCUT2D eigenvalue weighted by Gasteiger charge is -2.12. The van der Waals surface area contributed by atoms with E-state index in [1.54, 1.807) is 12.1 Å². The molecule has 2 aromatic rings. The van der Waals surface area contributed by atoms with E-state index in [1.807, 2.05) is 13.0 Å². The van der Waals surface area contributed by atoms with Crippen LogP contribution in [0.15, 0.2) is 30.5 Å². The molecule has 1 amide bonds. The van der Waals surface area contributed by atoms with Gasteiger partial charge in [0, 0.05) is 10.7 Å². The third kappa shape index (κ3) is 2.77. The first-order chi connectivity index (χ1) is 8.99. The first-order valence-corrected chi connectivity index (χ1v) is 5.94. The molecule has 0 bridgehead atoms. The largest absolute Gasteiger partial charge is 0.397 e. The van der Waals surface area contributed by atoms with Crippen molar-refractivity contribution in [3.05, 3.63) is 46.6 Å². The van der Waals surface area contributed by atoms with Crippen LogP contribution in [0, 0.1) is 6.92 Å². The number of anilines is 3. The minimum atomic E-state index is -0.595. The first kappa shape index (κ1) is 13.2. The fraction of sp³-hybridized carbons (Fsp3) is 0.0769. The van der Waals surface area contributed by atoms with E-state index in [-0.39, 0.29) is 5.56 Å². The number of amides is 1. The summed E-state index contributed by atoms with van der Waals surface area (Å²) in [5.41, 5.74) is 13.1. The van der Waals surface area contributed by atoms with E-state index in [0.29, 0.717) is 16.5 Å². The number of primary amides is 1. The maximum atomic E-state index is 11.4. The fourth-order valence-electron chi connectivity index (χ4n) is 1.64. The summed E-state index contributed by atoms with van der Waals surface area (Å²) in [7, 11) is 0. The van der Waals surface area contributed by atoms with Crippen molar-refractivity contribution >= 4 is 34.7 Å². The maximum absolute atomic E-state index is 11.4. The Morgan fingerprint density at radius 2 is 2.16 bits per heavy atom. The summed E-state index contributed by atoms with van der Waals surface area (Å²) >= 11 is 6.04. The Morgan fingerprint density at radius 3 is 2.84 bits per heavy atom. The zero-order valence-corrected chi connectivity index (χ0v) is 11.0. The quantitative estimate of drug-likeness (QED) is 0.803. The average molecular weight is 277 g/mol. The number of pyridine rings is 1. The number of benzene rings is 1. The van der Waals surface area contributed by atoms with Crippen LogP contribution >= 0.6 is 11.6 Å². The maximum Gasteiger partial charge on any atom is 0.252 e. The van der Waals surface area contributed by atoms with Gasteiger partial charge in [-0.05, 0) is 30.7 Å². The van der Waals surface area contributed by atoms with Crippen molar-refractivity contribution in [2.75, 3.05) is 11.1 Å². The van der Waals surface area contributed by atoms with Gasteiger partial charge >= 0.3 is 0 Å². The van der Waals surface area contributed by atoms with E-state index < -0.39 is 5.91 Å². The molecule has 0 spiro atoms. The van der Waals surface area contributed by atoms with Gasteiger partial charge in [0.25, 0.3) is 5.91 Å². The van der Waals surface area contributed by atoms with Gasteiger partial charge in [-0.15, -0.1) is 0 Å². The van der Waals surface area contributed by atoms with Crippen LogP contribution in [-0.4, -0.2) is 10.9 Å². The number of nitrogens with zero attached hydrogens (tertiary/aromatic N) is 1. The standard InChI is InChI=1S/C13H13ClN4O/c1-7-10(14)3-2-4-11(7)18-13-9(12(16)19)5-8(15)6-17-13/h2-6H,15H2,1H3,(H2,16,19)(H,17,18). The molecule has 0 saturated heterocycles. The van der Waals surface area contributed by atoms with Gasteiger partial charge in [-0.25, -0.2) is 4.98 Å². The molecule has 0 fully saturated rings. The molecule has 19 heavy (non-hydrogen) atoms. The molecular formula is C13H13ClN4O. The number of halogens is 1.